The highest BCUT2D eigenvalue weighted by atomic mass is 15.2. The Labute approximate surface area is 189 Å². The van der Waals surface area contributed by atoms with E-state index in [1.165, 1.54) is 16.7 Å². The first-order valence-electron chi connectivity index (χ1n) is 11.9. The molecular weight excluding hydrogens is 384 g/mol. The lowest BCUT2D eigenvalue weighted by molar-refractivity contribution is -0.0183. The van der Waals surface area contributed by atoms with Gasteiger partial charge < -0.3 is 0 Å². The van der Waals surface area contributed by atoms with Crippen LogP contribution in [0.25, 0.3) is 0 Å². The first kappa shape index (κ1) is 17.4. The minimum Gasteiger partial charge on any atom is -0.0622 e. The molecular formula is C32H26. The minimum atomic E-state index is 0.0194. The van der Waals surface area contributed by atoms with E-state index < -0.39 is 0 Å². The maximum atomic E-state index is 2.62. The molecule has 0 radical (unpaired) electrons. The normalized spacial score (nSPS) is 41.1. The van der Waals surface area contributed by atoms with Gasteiger partial charge in [0.2, 0.25) is 0 Å². The lowest BCUT2D eigenvalue weighted by atomic mass is 9.37. The summed E-state index contributed by atoms with van der Waals surface area (Å²) in [6.07, 6.45) is 0. The molecule has 0 amide bonds. The van der Waals surface area contributed by atoms with Gasteiger partial charge in [-0.2, -0.15) is 0 Å². The van der Waals surface area contributed by atoms with Crippen molar-refractivity contribution in [1.82, 2.24) is 0 Å². The third-order valence-corrected chi connectivity index (χ3v) is 10.7. The summed E-state index contributed by atoms with van der Waals surface area (Å²) in [5.74, 6) is 0.579. The molecule has 6 atom stereocenters. The number of benzene rings is 4. The van der Waals surface area contributed by atoms with E-state index in [-0.39, 0.29) is 27.1 Å². The van der Waals surface area contributed by atoms with Gasteiger partial charge in [-0.25, -0.2) is 0 Å². The van der Waals surface area contributed by atoms with Crippen LogP contribution in [0.2, 0.25) is 0 Å². The molecule has 3 fully saturated rings. The predicted molar refractivity (Wildman–Crippen MR) is 129 cm³/mol. The molecule has 0 N–H and O–H groups in total. The zero-order chi connectivity index (χ0) is 21.4. The molecule has 4 aliphatic rings. The van der Waals surface area contributed by atoms with Crippen molar-refractivity contribution in [1.29, 1.82) is 0 Å². The fourth-order valence-electron chi connectivity index (χ4n) is 10.4. The smallest absolute Gasteiger partial charge is 0.0363 e. The zero-order valence-corrected chi connectivity index (χ0v) is 18.5. The maximum Gasteiger partial charge on any atom is 0.0363 e. The van der Waals surface area contributed by atoms with Gasteiger partial charge >= 0.3 is 0 Å². The highest BCUT2D eigenvalue weighted by Gasteiger charge is 3.16. The van der Waals surface area contributed by atoms with E-state index in [1.807, 2.05) is 0 Å². The van der Waals surface area contributed by atoms with Gasteiger partial charge in [-0.15, -0.1) is 0 Å². The van der Waals surface area contributed by atoms with Gasteiger partial charge in [0.1, 0.15) is 0 Å². The minimum absolute atomic E-state index is 0.0194. The van der Waals surface area contributed by atoms with E-state index in [0.717, 1.165) is 0 Å². The van der Waals surface area contributed by atoms with Crippen molar-refractivity contribution in [3.8, 4) is 0 Å². The summed E-state index contributed by atoms with van der Waals surface area (Å²) in [6, 6.07) is 43.8. The molecule has 3 saturated carbocycles. The largest absolute Gasteiger partial charge is 0.0622 e. The van der Waals surface area contributed by atoms with Crippen LogP contribution in [0.5, 0.6) is 0 Å². The van der Waals surface area contributed by atoms with Gasteiger partial charge in [0.15, 0.2) is 0 Å². The van der Waals surface area contributed by atoms with Gasteiger partial charge in [0.25, 0.3) is 0 Å². The highest BCUT2D eigenvalue weighted by Crippen LogP contribution is 3.13. The maximum absolute atomic E-state index is 2.62. The molecule has 8 rings (SSSR count). The summed E-state index contributed by atoms with van der Waals surface area (Å²) in [7, 11) is 0. The standard InChI is InChI=1S/C32H26/c1-28-25-20-12-13-21-26(25)30(22-14-6-3-7-15-22)27(28)31(23-16-8-4-9-17-23)29(28,2)32(30,31)24-18-10-5-11-19-24/h3-21,27H,1-2H3. The van der Waals surface area contributed by atoms with Crippen molar-refractivity contribution in [2.24, 2.45) is 11.3 Å². The highest BCUT2D eigenvalue weighted by molar-refractivity contribution is 5.89. The summed E-state index contributed by atoms with van der Waals surface area (Å²) in [5.41, 5.74) is 8.35. The predicted octanol–water partition coefficient (Wildman–Crippen LogP) is 6.78. The summed E-state index contributed by atoms with van der Waals surface area (Å²) in [5, 5.41) is 0. The first-order valence-corrected chi connectivity index (χ1v) is 11.9. The van der Waals surface area contributed by atoms with Crippen LogP contribution in [0.3, 0.4) is 0 Å². The SMILES string of the molecule is CC12c3ccccc3C3(c4ccccc4)C1C1(c4ccccc4)C2(C)C31c1ccccc1. The van der Waals surface area contributed by atoms with Gasteiger partial charge in [0, 0.05) is 21.7 Å². The number of fused-ring (bicyclic) bond motifs is 6. The van der Waals surface area contributed by atoms with E-state index in [2.05, 4.69) is 129 Å². The molecule has 0 spiro atoms. The number of hydrogen-bond donors (Lipinski definition) is 0. The average molecular weight is 411 g/mol. The van der Waals surface area contributed by atoms with E-state index >= 15 is 0 Å². The number of hydrogen-bond acceptors (Lipinski definition) is 0. The summed E-state index contributed by atoms with van der Waals surface area (Å²) >= 11 is 0. The van der Waals surface area contributed by atoms with Crippen LogP contribution in [0.4, 0.5) is 0 Å². The van der Waals surface area contributed by atoms with Crippen LogP contribution in [-0.4, -0.2) is 0 Å². The fourth-order valence-corrected chi connectivity index (χ4v) is 10.4. The zero-order valence-electron chi connectivity index (χ0n) is 18.5. The summed E-state index contributed by atoms with van der Waals surface area (Å²) < 4.78 is 0. The van der Waals surface area contributed by atoms with E-state index in [1.54, 1.807) is 11.1 Å². The molecule has 4 aliphatic carbocycles. The van der Waals surface area contributed by atoms with Crippen LogP contribution in [0, 0.1) is 11.3 Å². The van der Waals surface area contributed by atoms with E-state index in [4.69, 9.17) is 0 Å². The van der Waals surface area contributed by atoms with Crippen molar-refractivity contribution in [2.45, 2.75) is 35.5 Å². The Bertz CT molecular complexity index is 1410. The van der Waals surface area contributed by atoms with Crippen molar-refractivity contribution in [3.05, 3.63) is 143 Å². The topological polar surface area (TPSA) is 0 Å². The Morgan fingerprint density at radius 3 is 1.56 bits per heavy atom. The summed E-state index contributed by atoms with van der Waals surface area (Å²) in [4.78, 5) is 0. The van der Waals surface area contributed by atoms with Crippen LogP contribution in [0.15, 0.2) is 115 Å². The molecule has 0 bridgehead atoms. The molecule has 0 heteroatoms. The molecule has 4 aromatic rings. The molecule has 0 aliphatic heterocycles. The van der Waals surface area contributed by atoms with Crippen LogP contribution in [0.1, 0.15) is 41.7 Å². The molecule has 6 unspecified atom stereocenters. The van der Waals surface area contributed by atoms with Gasteiger partial charge in [-0.3, -0.25) is 0 Å². The monoisotopic (exact) mass is 410 g/mol. The first-order chi connectivity index (χ1) is 15.7. The second-order valence-corrected chi connectivity index (χ2v) is 10.8. The quantitative estimate of drug-likeness (QED) is 0.349. The molecule has 32 heavy (non-hydrogen) atoms. The van der Waals surface area contributed by atoms with E-state index in [9.17, 15) is 0 Å². The molecule has 0 saturated heterocycles. The third kappa shape index (κ3) is 1.19. The van der Waals surface area contributed by atoms with Crippen molar-refractivity contribution < 1.29 is 0 Å². The summed E-state index contributed by atoms with van der Waals surface area (Å²) in [6.45, 7) is 5.20. The third-order valence-electron chi connectivity index (χ3n) is 10.7. The van der Waals surface area contributed by atoms with Gasteiger partial charge in [-0.05, 0) is 39.2 Å². The lowest BCUT2D eigenvalue weighted by Gasteiger charge is -2.64. The second kappa shape index (κ2) is 4.94. The average Bonchev–Trinajstić information content (AvgIpc) is 3.04. The van der Waals surface area contributed by atoms with Gasteiger partial charge in [-0.1, -0.05) is 129 Å². The molecule has 0 aromatic heterocycles. The Hall–Kier alpha value is -3.12. The Kier molecular flexibility index (Phi) is 2.69. The lowest BCUT2D eigenvalue weighted by Crippen LogP contribution is -2.67. The molecule has 4 aromatic carbocycles. The molecule has 0 nitrogen and oxygen atoms in total. The number of rotatable bonds is 3. The fraction of sp³-hybridized carbons (Fsp3) is 0.250. The van der Waals surface area contributed by atoms with Crippen molar-refractivity contribution >= 4 is 0 Å². The Morgan fingerprint density at radius 1 is 0.500 bits per heavy atom. The van der Waals surface area contributed by atoms with Crippen molar-refractivity contribution in [3.63, 3.8) is 0 Å². The molecule has 0 heterocycles. The second-order valence-electron chi connectivity index (χ2n) is 10.8. The van der Waals surface area contributed by atoms with Crippen LogP contribution >= 0.6 is 0 Å². The van der Waals surface area contributed by atoms with Crippen molar-refractivity contribution in [2.75, 3.05) is 0 Å². The Morgan fingerprint density at radius 2 is 0.969 bits per heavy atom. The Balaban J connectivity index is 1.57. The van der Waals surface area contributed by atoms with E-state index in [0.29, 0.717) is 5.92 Å². The van der Waals surface area contributed by atoms with Crippen LogP contribution in [-0.2, 0) is 21.7 Å². The van der Waals surface area contributed by atoms with Crippen LogP contribution < -0.4 is 0 Å². The molecule has 154 valence electrons. The van der Waals surface area contributed by atoms with Gasteiger partial charge in [0.05, 0.1) is 0 Å².